The molecule has 5 rings (SSSR count). The molecule has 5 aromatic rings. The third kappa shape index (κ3) is 7.45. The van der Waals surface area contributed by atoms with Gasteiger partial charge in [-0.25, -0.2) is 26.3 Å². The third-order valence-corrected chi connectivity index (χ3v) is 7.57. The van der Waals surface area contributed by atoms with Gasteiger partial charge in [0.2, 0.25) is 0 Å². The molecule has 0 N–H and O–H groups in total. The summed E-state index contributed by atoms with van der Waals surface area (Å²) in [4.78, 5) is 7.55. The summed E-state index contributed by atoms with van der Waals surface area (Å²) in [5.41, 5.74) is -1.34. The van der Waals surface area contributed by atoms with Crippen LogP contribution in [-0.4, -0.2) is 10.1 Å². The van der Waals surface area contributed by atoms with Gasteiger partial charge in [-0.15, -0.1) is 0 Å². The second-order valence-electron chi connectivity index (χ2n) is 10.8. The minimum Gasteiger partial charge on any atom is -0.429 e. The van der Waals surface area contributed by atoms with Crippen molar-refractivity contribution >= 4 is 23.1 Å². The number of hydrogen-bond acceptors (Lipinski definition) is 4. The van der Waals surface area contributed by atoms with E-state index in [1.807, 2.05) is 6.07 Å². The number of rotatable bonds is 11. The molecule has 0 aliphatic carbocycles. The van der Waals surface area contributed by atoms with Gasteiger partial charge in [-0.1, -0.05) is 50.1 Å². The van der Waals surface area contributed by atoms with E-state index in [9.17, 15) is 26.3 Å². The predicted octanol–water partition coefficient (Wildman–Crippen LogP) is 11.5. The molecule has 0 radical (unpaired) electrons. The van der Waals surface area contributed by atoms with Crippen LogP contribution in [0.4, 0.5) is 40.8 Å². The summed E-state index contributed by atoms with van der Waals surface area (Å²) in [5.74, 6) is -9.33. The first kappa shape index (κ1) is 34.4. The lowest BCUT2D eigenvalue weighted by Gasteiger charge is -2.20. The zero-order chi connectivity index (χ0) is 34.6. The number of benzene rings is 4. The summed E-state index contributed by atoms with van der Waals surface area (Å²) < 4.78 is 122. The first-order chi connectivity index (χ1) is 22.9. The summed E-state index contributed by atoms with van der Waals surface area (Å²) in [6.07, 6.45) is 1.15. The van der Waals surface area contributed by atoms with Gasteiger partial charge in [0.15, 0.2) is 11.6 Å². The summed E-state index contributed by atoms with van der Waals surface area (Å²) in [6, 6.07) is 13.0. The van der Waals surface area contributed by atoms with Crippen LogP contribution in [0.25, 0.3) is 33.5 Å². The van der Waals surface area contributed by atoms with E-state index >= 15 is 8.78 Å². The van der Waals surface area contributed by atoms with Gasteiger partial charge in [-0.05, 0) is 72.1 Å². The molecule has 0 aliphatic heterocycles. The van der Waals surface area contributed by atoms with E-state index in [4.69, 9.17) is 0 Å². The Morgan fingerprint density at radius 2 is 1.29 bits per heavy atom. The molecule has 0 fully saturated rings. The normalized spacial score (nSPS) is 11.4. The molecule has 0 aliphatic rings. The Hall–Kier alpha value is -4.93. The Labute approximate surface area is 275 Å². The van der Waals surface area contributed by atoms with Crippen LogP contribution in [0.3, 0.4) is 0 Å². The molecule has 0 amide bonds. The van der Waals surface area contributed by atoms with Gasteiger partial charge < -0.3 is 4.74 Å². The van der Waals surface area contributed by atoms with Gasteiger partial charge in [0.1, 0.15) is 40.3 Å². The number of aryl methyl sites for hydroxylation is 1. The first-order valence-electron chi connectivity index (χ1n) is 14.6. The zero-order valence-corrected chi connectivity index (χ0v) is 25.9. The van der Waals surface area contributed by atoms with E-state index in [1.54, 1.807) is 23.5 Å². The number of halogens is 8. The van der Waals surface area contributed by atoms with Crippen LogP contribution in [0.1, 0.15) is 37.3 Å². The zero-order valence-electron chi connectivity index (χ0n) is 25.1. The quantitative estimate of drug-likeness (QED) is 0.0601. The van der Waals surface area contributed by atoms with E-state index in [-0.39, 0.29) is 16.7 Å². The predicted molar refractivity (Wildman–Crippen MR) is 169 cm³/mol. The molecule has 4 aromatic carbocycles. The van der Waals surface area contributed by atoms with Crippen LogP contribution in [0.5, 0.6) is 5.75 Å². The summed E-state index contributed by atoms with van der Waals surface area (Å²) >= 11 is 4.26. The van der Waals surface area contributed by atoms with Crippen LogP contribution in [0, 0.1) is 34.9 Å². The molecule has 0 saturated heterocycles. The minimum absolute atomic E-state index is 0.0415. The van der Waals surface area contributed by atoms with Crippen molar-refractivity contribution in [2.45, 2.75) is 38.7 Å². The lowest BCUT2D eigenvalue weighted by Crippen LogP contribution is -2.25. The fourth-order valence-corrected chi connectivity index (χ4v) is 5.20. The summed E-state index contributed by atoms with van der Waals surface area (Å²) in [5, 5.41) is 1.72. The van der Waals surface area contributed by atoms with Crippen molar-refractivity contribution < 1.29 is 39.9 Å². The Bertz CT molecular complexity index is 1980. The Morgan fingerprint density at radius 3 is 1.85 bits per heavy atom. The van der Waals surface area contributed by atoms with E-state index in [2.05, 4.69) is 33.9 Å². The van der Waals surface area contributed by atoms with Crippen LogP contribution in [0.15, 0.2) is 84.0 Å². The number of ether oxygens (including phenoxy) is 1. The van der Waals surface area contributed by atoms with E-state index in [1.165, 1.54) is 18.2 Å². The van der Waals surface area contributed by atoms with Gasteiger partial charge in [0.25, 0.3) is 0 Å². The molecule has 0 saturated carbocycles. The molecule has 12 heteroatoms. The minimum atomic E-state index is -4.75. The van der Waals surface area contributed by atoms with Crippen molar-refractivity contribution in [3.63, 3.8) is 0 Å². The number of aliphatic imine (C=N–C) groups is 1. The number of alkyl halides is 2. The molecule has 1 heterocycles. The van der Waals surface area contributed by atoms with Crippen LogP contribution >= 0.6 is 12.2 Å². The maximum absolute atomic E-state index is 15.3. The van der Waals surface area contributed by atoms with Crippen LogP contribution < -0.4 is 4.74 Å². The maximum atomic E-state index is 15.3. The van der Waals surface area contributed by atoms with Crippen molar-refractivity contribution in [2.75, 3.05) is 0 Å². The van der Waals surface area contributed by atoms with Gasteiger partial charge in [-0.3, -0.25) is 4.98 Å². The molecule has 3 nitrogen and oxygen atoms in total. The van der Waals surface area contributed by atoms with Crippen molar-refractivity contribution in [3.05, 3.63) is 125 Å². The Morgan fingerprint density at radius 1 is 0.708 bits per heavy atom. The highest BCUT2D eigenvalue weighted by Crippen LogP contribution is 2.39. The van der Waals surface area contributed by atoms with Crippen molar-refractivity contribution in [3.8, 4) is 39.3 Å². The molecular formula is C36H24F8N2OS. The first-order valence-corrected chi connectivity index (χ1v) is 15.0. The molecule has 0 spiro atoms. The van der Waals surface area contributed by atoms with Crippen molar-refractivity contribution in [2.24, 2.45) is 4.99 Å². The number of unbranched alkanes of at least 4 members (excludes halogenated alkanes) is 2. The van der Waals surface area contributed by atoms with E-state index in [0.717, 1.165) is 43.4 Å². The number of hydrogen-bond donors (Lipinski definition) is 0. The number of nitrogens with zero attached hydrogens (tertiary/aromatic N) is 2. The number of isothiocyanates is 1. The topological polar surface area (TPSA) is 34.5 Å². The average Bonchev–Trinajstić information content (AvgIpc) is 3.02. The van der Waals surface area contributed by atoms with Crippen LogP contribution in [-0.2, 0) is 12.5 Å². The average molecular weight is 685 g/mol. The lowest BCUT2D eigenvalue weighted by atomic mass is 9.97. The van der Waals surface area contributed by atoms with Crippen LogP contribution in [0.2, 0.25) is 0 Å². The SMILES string of the molecule is CCCCCc1ccc(-c2ccc(-c3ccc(-c4cc(F)c(C(F)(F)Oc5cc(F)c(N=C=S)c(F)c5)c(F)c4)c(F)c3)c(F)c2)nc1. The highest BCUT2D eigenvalue weighted by Gasteiger charge is 2.41. The molecule has 0 atom stereocenters. The maximum Gasteiger partial charge on any atom is 0.432 e. The van der Waals surface area contributed by atoms with Gasteiger partial charge in [0, 0.05) is 35.0 Å². The highest BCUT2D eigenvalue weighted by molar-refractivity contribution is 7.78. The fourth-order valence-electron chi connectivity index (χ4n) is 5.11. The molecule has 0 bridgehead atoms. The molecule has 0 unspecified atom stereocenters. The second kappa shape index (κ2) is 14.5. The summed E-state index contributed by atoms with van der Waals surface area (Å²) in [6.45, 7) is 2.12. The smallest absolute Gasteiger partial charge is 0.429 e. The Balaban J connectivity index is 1.37. The number of pyridine rings is 1. The van der Waals surface area contributed by atoms with Gasteiger partial charge in [-0.2, -0.15) is 13.8 Å². The Kier molecular flexibility index (Phi) is 10.4. The van der Waals surface area contributed by atoms with Gasteiger partial charge in [0.05, 0.1) is 10.9 Å². The summed E-state index contributed by atoms with van der Waals surface area (Å²) in [7, 11) is 0. The molecular weight excluding hydrogens is 660 g/mol. The largest absolute Gasteiger partial charge is 0.432 e. The lowest BCUT2D eigenvalue weighted by molar-refractivity contribution is -0.189. The van der Waals surface area contributed by atoms with Gasteiger partial charge >= 0.3 is 6.11 Å². The highest BCUT2D eigenvalue weighted by atomic mass is 32.1. The van der Waals surface area contributed by atoms with Crippen molar-refractivity contribution in [1.29, 1.82) is 0 Å². The molecule has 1 aromatic heterocycles. The third-order valence-electron chi connectivity index (χ3n) is 7.48. The molecule has 48 heavy (non-hydrogen) atoms. The monoisotopic (exact) mass is 684 g/mol. The van der Waals surface area contributed by atoms with E-state index < -0.39 is 63.6 Å². The molecule has 246 valence electrons. The van der Waals surface area contributed by atoms with E-state index in [0.29, 0.717) is 35.5 Å². The second-order valence-corrected chi connectivity index (χ2v) is 11.0. The number of aromatic nitrogens is 1. The standard InChI is InChI=1S/C36H24F8N2OS/c1-2-3-4-5-20-6-11-33(45-18-20)22-8-10-25(28(38)13-22)21-7-9-26(27(37)12-21)23-14-29(39)34(30(40)15-23)36(43,44)47-24-16-31(41)35(46-19-48)32(42)17-24/h6-18H,2-5H2,1H3. The number of thiocarbonyl (C=S) groups is 1. The van der Waals surface area contributed by atoms with Crippen molar-refractivity contribution in [1.82, 2.24) is 4.98 Å². The fraction of sp³-hybridized carbons (Fsp3) is 0.167.